The minimum atomic E-state index is -0.508. The Morgan fingerprint density at radius 2 is 2.07 bits per heavy atom. The SMILES string of the molecule is CC1C(Nc2c(C(N)=O)cnn3cc(Br)cc23)CC2CN(C(=O)OC(C)(C)C)CC21. The highest BCUT2D eigenvalue weighted by Crippen LogP contribution is 2.44. The van der Waals surface area contributed by atoms with Gasteiger partial charge in [0.2, 0.25) is 0 Å². The molecule has 1 aliphatic heterocycles. The minimum Gasteiger partial charge on any atom is -0.444 e. The fourth-order valence-corrected chi connectivity index (χ4v) is 5.21. The molecule has 1 saturated heterocycles. The number of hydrogen-bond acceptors (Lipinski definition) is 5. The molecule has 4 rings (SSSR count). The lowest BCUT2D eigenvalue weighted by atomic mass is 9.93. The lowest BCUT2D eigenvalue weighted by molar-refractivity contribution is 0.0276. The first kappa shape index (κ1) is 21.0. The Morgan fingerprint density at radius 3 is 2.70 bits per heavy atom. The Kier molecular flexibility index (Phi) is 5.20. The van der Waals surface area contributed by atoms with E-state index in [-0.39, 0.29) is 12.1 Å². The number of amides is 2. The predicted molar refractivity (Wildman–Crippen MR) is 117 cm³/mol. The molecule has 9 heteroatoms. The first-order valence-electron chi connectivity index (χ1n) is 10.2. The van der Waals surface area contributed by atoms with Crippen LogP contribution in [0.25, 0.3) is 5.52 Å². The normalized spacial score (nSPS) is 26.1. The van der Waals surface area contributed by atoms with Crippen LogP contribution < -0.4 is 11.1 Å². The van der Waals surface area contributed by atoms with Crippen molar-refractivity contribution in [2.75, 3.05) is 18.4 Å². The molecule has 1 aliphatic carbocycles. The molecule has 3 N–H and O–H groups in total. The van der Waals surface area contributed by atoms with Gasteiger partial charge in [0, 0.05) is 29.8 Å². The van der Waals surface area contributed by atoms with Gasteiger partial charge in [0.25, 0.3) is 5.91 Å². The summed E-state index contributed by atoms with van der Waals surface area (Å²) in [5, 5.41) is 7.87. The number of carbonyl (C=O) groups is 2. The molecule has 4 unspecified atom stereocenters. The van der Waals surface area contributed by atoms with Crippen molar-refractivity contribution in [3.05, 3.63) is 28.5 Å². The molecule has 4 atom stereocenters. The van der Waals surface area contributed by atoms with Crippen LogP contribution in [0.15, 0.2) is 22.9 Å². The molecule has 3 heterocycles. The molecule has 0 bridgehead atoms. The quantitative estimate of drug-likeness (QED) is 0.703. The molecule has 2 aromatic heterocycles. The van der Waals surface area contributed by atoms with E-state index < -0.39 is 11.5 Å². The maximum Gasteiger partial charge on any atom is 0.410 e. The molecule has 30 heavy (non-hydrogen) atoms. The summed E-state index contributed by atoms with van der Waals surface area (Å²) in [7, 11) is 0. The summed E-state index contributed by atoms with van der Waals surface area (Å²) in [6.07, 6.45) is 4.03. The summed E-state index contributed by atoms with van der Waals surface area (Å²) in [6.45, 7) is 9.26. The number of nitrogens with two attached hydrogens (primary N) is 1. The van der Waals surface area contributed by atoms with Crippen molar-refractivity contribution in [2.24, 2.45) is 23.5 Å². The Morgan fingerprint density at radius 1 is 1.33 bits per heavy atom. The first-order chi connectivity index (χ1) is 14.0. The Labute approximate surface area is 184 Å². The van der Waals surface area contributed by atoms with Crippen LogP contribution in [0.1, 0.15) is 44.5 Å². The summed E-state index contributed by atoms with van der Waals surface area (Å²) in [6, 6.07) is 2.10. The van der Waals surface area contributed by atoms with E-state index in [1.54, 1.807) is 4.52 Å². The standard InChI is InChI=1S/C21H28BrN5O3/c1-11-15-10-26(20(29)30-21(2,3)4)8-12(15)5-16(11)25-18-14(19(23)28)7-24-27-9-13(22)6-17(18)27/h6-7,9,11-12,15-16,25H,5,8,10H2,1-4H3,(H2,23,28). The van der Waals surface area contributed by atoms with Gasteiger partial charge in [-0.2, -0.15) is 5.10 Å². The number of anilines is 1. The zero-order chi connectivity index (χ0) is 21.8. The maximum absolute atomic E-state index is 12.5. The number of aromatic nitrogens is 2. The average Bonchev–Trinajstić information content (AvgIpc) is 3.28. The van der Waals surface area contributed by atoms with Crippen LogP contribution in [-0.4, -0.2) is 51.2 Å². The van der Waals surface area contributed by atoms with Gasteiger partial charge in [-0.25, -0.2) is 9.31 Å². The Bertz CT molecular complexity index is 998. The fraction of sp³-hybridized carbons (Fsp3) is 0.571. The summed E-state index contributed by atoms with van der Waals surface area (Å²) >= 11 is 3.47. The number of halogens is 1. The van der Waals surface area contributed by atoms with Gasteiger partial charge >= 0.3 is 6.09 Å². The van der Waals surface area contributed by atoms with Crippen molar-refractivity contribution in [3.8, 4) is 0 Å². The van der Waals surface area contributed by atoms with Crippen LogP contribution in [0.3, 0.4) is 0 Å². The molecule has 1 saturated carbocycles. The predicted octanol–water partition coefficient (Wildman–Crippen LogP) is 3.50. The summed E-state index contributed by atoms with van der Waals surface area (Å²) in [5.41, 5.74) is 7.02. The number of carbonyl (C=O) groups excluding carboxylic acids is 2. The van der Waals surface area contributed by atoms with E-state index in [0.29, 0.717) is 42.1 Å². The number of likely N-dealkylation sites (tertiary alicyclic amines) is 1. The largest absolute Gasteiger partial charge is 0.444 e. The number of primary amides is 1. The van der Waals surface area contributed by atoms with Crippen LogP contribution in [-0.2, 0) is 4.74 Å². The topological polar surface area (TPSA) is 102 Å². The lowest BCUT2D eigenvalue weighted by Crippen LogP contribution is -2.37. The minimum absolute atomic E-state index is 0.179. The Balaban J connectivity index is 1.52. The van der Waals surface area contributed by atoms with Crippen molar-refractivity contribution in [1.82, 2.24) is 14.5 Å². The molecule has 8 nitrogen and oxygen atoms in total. The zero-order valence-corrected chi connectivity index (χ0v) is 19.3. The second kappa shape index (κ2) is 7.44. The van der Waals surface area contributed by atoms with Crippen LogP contribution >= 0.6 is 15.9 Å². The molecule has 0 aromatic carbocycles. The van der Waals surface area contributed by atoms with Gasteiger partial charge in [0.1, 0.15) is 5.60 Å². The average molecular weight is 478 g/mol. The van der Waals surface area contributed by atoms with Gasteiger partial charge in [-0.3, -0.25) is 4.79 Å². The number of rotatable bonds is 3. The fourth-order valence-electron chi connectivity index (χ4n) is 4.80. The molecule has 2 fully saturated rings. The third-order valence-corrected chi connectivity index (χ3v) is 6.64. The molecule has 0 spiro atoms. The highest BCUT2D eigenvalue weighted by Gasteiger charge is 2.48. The monoisotopic (exact) mass is 477 g/mol. The van der Waals surface area contributed by atoms with E-state index in [1.165, 1.54) is 6.20 Å². The van der Waals surface area contributed by atoms with E-state index in [1.807, 2.05) is 37.9 Å². The van der Waals surface area contributed by atoms with E-state index in [0.717, 1.165) is 16.4 Å². The van der Waals surface area contributed by atoms with Gasteiger partial charge in [-0.1, -0.05) is 6.92 Å². The van der Waals surface area contributed by atoms with Crippen LogP contribution in [0, 0.1) is 17.8 Å². The van der Waals surface area contributed by atoms with Crippen LogP contribution in [0.2, 0.25) is 0 Å². The highest BCUT2D eigenvalue weighted by atomic mass is 79.9. The van der Waals surface area contributed by atoms with Crippen molar-refractivity contribution in [2.45, 2.75) is 45.8 Å². The second-order valence-corrected chi connectivity index (χ2v) is 10.4. The van der Waals surface area contributed by atoms with Crippen molar-refractivity contribution in [1.29, 1.82) is 0 Å². The molecular weight excluding hydrogens is 450 g/mol. The van der Waals surface area contributed by atoms with E-state index in [4.69, 9.17) is 10.5 Å². The van der Waals surface area contributed by atoms with E-state index >= 15 is 0 Å². The van der Waals surface area contributed by atoms with Gasteiger partial charge < -0.3 is 20.7 Å². The van der Waals surface area contributed by atoms with Crippen molar-refractivity contribution >= 4 is 39.1 Å². The van der Waals surface area contributed by atoms with Crippen LogP contribution in [0.4, 0.5) is 10.5 Å². The first-order valence-corrected chi connectivity index (χ1v) is 11.0. The molecule has 2 aliphatic rings. The number of ether oxygens (including phenoxy) is 1. The Hall–Kier alpha value is -2.29. The third kappa shape index (κ3) is 3.87. The van der Waals surface area contributed by atoms with E-state index in [2.05, 4.69) is 33.3 Å². The lowest BCUT2D eigenvalue weighted by Gasteiger charge is -2.27. The van der Waals surface area contributed by atoms with Gasteiger partial charge in [-0.05, 0) is 66.9 Å². The number of hydrogen-bond donors (Lipinski definition) is 2. The smallest absolute Gasteiger partial charge is 0.410 e. The van der Waals surface area contributed by atoms with Gasteiger partial charge in [-0.15, -0.1) is 0 Å². The molecule has 2 amide bonds. The summed E-state index contributed by atoms with van der Waals surface area (Å²) < 4.78 is 8.15. The zero-order valence-electron chi connectivity index (χ0n) is 17.7. The van der Waals surface area contributed by atoms with Gasteiger partial charge in [0.05, 0.1) is 23.0 Å². The molecule has 162 valence electrons. The third-order valence-electron chi connectivity index (χ3n) is 6.21. The molecule has 2 aromatic rings. The number of fused-ring (bicyclic) bond motifs is 2. The second-order valence-electron chi connectivity index (χ2n) is 9.44. The number of nitrogens with zero attached hydrogens (tertiary/aromatic N) is 3. The van der Waals surface area contributed by atoms with Gasteiger partial charge in [0.15, 0.2) is 0 Å². The van der Waals surface area contributed by atoms with Crippen LogP contribution in [0.5, 0.6) is 0 Å². The summed E-state index contributed by atoms with van der Waals surface area (Å²) in [5.74, 6) is 0.614. The molecule has 0 radical (unpaired) electrons. The summed E-state index contributed by atoms with van der Waals surface area (Å²) in [4.78, 5) is 26.3. The van der Waals surface area contributed by atoms with Crippen molar-refractivity contribution in [3.63, 3.8) is 0 Å². The highest BCUT2D eigenvalue weighted by molar-refractivity contribution is 9.10. The van der Waals surface area contributed by atoms with Crippen molar-refractivity contribution < 1.29 is 14.3 Å². The maximum atomic E-state index is 12.5. The van der Waals surface area contributed by atoms with E-state index in [9.17, 15) is 9.59 Å². The molecular formula is C21H28BrN5O3. The number of nitrogens with one attached hydrogen (secondary N) is 1.